The molecule has 0 heterocycles. The van der Waals surface area contributed by atoms with E-state index in [-0.39, 0.29) is 5.78 Å². The second kappa shape index (κ2) is 6.73. The van der Waals surface area contributed by atoms with Gasteiger partial charge in [-0.2, -0.15) is 0 Å². The van der Waals surface area contributed by atoms with Crippen molar-refractivity contribution in [1.29, 1.82) is 0 Å². The van der Waals surface area contributed by atoms with Crippen molar-refractivity contribution in [3.05, 3.63) is 69.2 Å². The van der Waals surface area contributed by atoms with Crippen LogP contribution in [-0.4, -0.2) is 12.9 Å². The minimum Gasteiger partial charge on any atom is -0.496 e. The molecular formula is C16H12BrClO2. The van der Waals surface area contributed by atoms with Crippen molar-refractivity contribution in [1.82, 2.24) is 0 Å². The number of allylic oxidation sites excluding steroid dienone is 1. The Balaban J connectivity index is 2.26. The normalized spacial score (nSPS) is 10.8. The number of hydrogen-bond donors (Lipinski definition) is 0. The summed E-state index contributed by atoms with van der Waals surface area (Å²) < 4.78 is 6.03. The molecule has 0 saturated carbocycles. The van der Waals surface area contributed by atoms with Gasteiger partial charge in [0.25, 0.3) is 0 Å². The molecule has 0 aliphatic carbocycles. The van der Waals surface area contributed by atoms with Gasteiger partial charge < -0.3 is 4.74 Å². The molecule has 2 nitrogen and oxygen atoms in total. The van der Waals surface area contributed by atoms with Gasteiger partial charge in [0.2, 0.25) is 0 Å². The molecule has 0 aromatic heterocycles. The second-order valence-electron chi connectivity index (χ2n) is 4.10. The minimum atomic E-state index is -0.122. The Hall–Kier alpha value is -1.58. The van der Waals surface area contributed by atoms with Gasteiger partial charge in [-0.1, -0.05) is 45.7 Å². The van der Waals surface area contributed by atoms with E-state index in [9.17, 15) is 4.79 Å². The number of ether oxygens (including phenoxy) is 1. The molecule has 2 aromatic carbocycles. The van der Waals surface area contributed by atoms with Gasteiger partial charge in [-0.25, -0.2) is 0 Å². The molecule has 0 spiro atoms. The maximum atomic E-state index is 12.2. The Kier molecular flexibility index (Phi) is 4.99. The largest absolute Gasteiger partial charge is 0.496 e. The van der Waals surface area contributed by atoms with Gasteiger partial charge in [-0.3, -0.25) is 4.79 Å². The minimum absolute atomic E-state index is 0.122. The summed E-state index contributed by atoms with van der Waals surface area (Å²) in [5.41, 5.74) is 1.39. The van der Waals surface area contributed by atoms with Gasteiger partial charge in [-0.15, -0.1) is 0 Å². The third kappa shape index (κ3) is 3.71. The van der Waals surface area contributed by atoms with E-state index in [2.05, 4.69) is 15.9 Å². The number of methoxy groups -OCH3 is 1. The van der Waals surface area contributed by atoms with Gasteiger partial charge in [0.05, 0.1) is 12.7 Å². The Bertz CT molecular complexity index is 665. The molecule has 0 N–H and O–H groups in total. The van der Waals surface area contributed by atoms with Gasteiger partial charge in [-0.05, 0) is 42.0 Å². The summed E-state index contributed by atoms with van der Waals surface area (Å²) in [6.45, 7) is 0. The summed E-state index contributed by atoms with van der Waals surface area (Å²) in [4.78, 5) is 12.2. The molecule has 0 bridgehead atoms. The lowest BCUT2D eigenvalue weighted by atomic mass is 10.1. The van der Waals surface area contributed by atoms with E-state index < -0.39 is 0 Å². The highest BCUT2D eigenvalue weighted by Gasteiger charge is 2.09. The van der Waals surface area contributed by atoms with E-state index in [1.165, 1.54) is 6.08 Å². The number of hydrogen-bond acceptors (Lipinski definition) is 2. The van der Waals surface area contributed by atoms with Crippen LogP contribution in [0.25, 0.3) is 6.08 Å². The first kappa shape index (κ1) is 14.8. The fraction of sp³-hybridized carbons (Fsp3) is 0.0625. The highest BCUT2D eigenvalue weighted by atomic mass is 79.9. The maximum absolute atomic E-state index is 12.2. The molecule has 4 heteroatoms. The van der Waals surface area contributed by atoms with Crippen molar-refractivity contribution >= 4 is 39.4 Å². The Labute approximate surface area is 131 Å². The van der Waals surface area contributed by atoms with Crippen LogP contribution in [-0.2, 0) is 0 Å². The van der Waals surface area contributed by atoms with E-state index in [1.54, 1.807) is 37.5 Å². The lowest BCUT2D eigenvalue weighted by Gasteiger charge is -2.05. The number of benzene rings is 2. The second-order valence-corrected chi connectivity index (χ2v) is 5.45. The van der Waals surface area contributed by atoms with Gasteiger partial charge in [0, 0.05) is 9.50 Å². The predicted molar refractivity (Wildman–Crippen MR) is 85.5 cm³/mol. The first-order valence-electron chi connectivity index (χ1n) is 5.91. The zero-order valence-electron chi connectivity index (χ0n) is 10.8. The molecule has 0 radical (unpaired) electrons. The Morgan fingerprint density at radius 3 is 2.75 bits per heavy atom. The summed E-state index contributed by atoms with van der Waals surface area (Å²) in [5.74, 6) is 0.428. The van der Waals surface area contributed by atoms with Crippen molar-refractivity contribution in [2.75, 3.05) is 7.11 Å². The van der Waals surface area contributed by atoms with E-state index in [4.69, 9.17) is 16.3 Å². The van der Waals surface area contributed by atoms with Crippen LogP contribution in [0.3, 0.4) is 0 Å². The van der Waals surface area contributed by atoms with Crippen molar-refractivity contribution in [3.8, 4) is 5.75 Å². The quantitative estimate of drug-likeness (QED) is 0.572. The SMILES string of the molecule is COc1ccc(Br)cc1C(=O)/C=C/c1cccc(Cl)c1. The molecule has 0 amide bonds. The molecule has 102 valence electrons. The first-order valence-corrected chi connectivity index (χ1v) is 7.09. The maximum Gasteiger partial charge on any atom is 0.189 e. The summed E-state index contributed by atoms with van der Waals surface area (Å²) in [5, 5.41) is 0.639. The number of ketones is 1. The number of rotatable bonds is 4. The molecule has 0 fully saturated rings. The fourth-order valence-electron chi connectivity index (χ4n) is 1.74. The highest BCUT2D eigenvalue weighted by molar-refractivity contribution is 9.10. The lowest BCUT2D eigenvalue weighted by molar-refractivity contribution is 0.104. The van der Waals surface area contributed by atoms with Gasteiger partial charge in [0.15, 0.2) is 5.78 Å². The topological polar surface area (TPSA) is 26.3 Å². The summed E-state index contributed by atoms with van der Waals surface area (Å²) in [6, 6.07) is 12.6. The van der Waals surface area contributed by atoms with Crippen molar-refractivity contribution in [2.45, 2.75) is 0 Å². The van der Waals surface area contributed by atoms with Crippen LogP contribution in [0.5, 0.6) is 5.75 Å². The van der Waals surface area contributed by atoms with E-state index in [0.29, 0.717) is 16.3 Å². The van der Waals surface area contributed by atoms with Crippen molar-refractivity contribution < 1.29 is 9.53 Å². The van der Waals surface area contributed by atoms with Crippen LogP contribution in [0.4, 0.5) is 0 Å². The number of halogens is 2. The molecule has 0 aliphatic heterocycles. The molecule has 2 rings (SSSR count). The number of carbonyl (C=O) groups excluding carboxylic acids is 1. The third-order valence-corrected chi connectivity index (χ3v) is 3.43. The fourth-order valence-corrected chi connectivity index (χ4v) is 2.30. The molecular weight excluding hydrogens is 340 g/mol. The average molecular weight is 352 g/mol. The summed E-state index contributed by atoms with van der Waals surface area (Å²) >= 11 is 9.25. The van der Waals surface area contributed by atoms with Gasteiger partial charge in [0.1, 0.15) is 5.75 Å². The monoisotopic (exact) mass is 350 g/mol. The molecule has 0 unspecified atom stereocenters. The zero-order valence-corrected chi connectivity index (χ0v) is 13.1. The van der Waals surface area contributed by atoms with Crippen LogP contribution >= 0.6 is 27.5 Å². The first-order chi connectivity index (χ1) is 9.60. The molecule has 0 aliphatic rings. The standard InChI is InChI=1S/C16H12BrClO2/c1-20-16-8-6-12(17)10-14(16)15(19)7-5-11-3-2-4-13(18)9-11/h2-10H,1H3/b7-5+. The van der Waals surface area contributed by atoms with Gasteiger partial charge >= 0.3 is 0 Å². The summed E-state index contributed by atoms with van der Waals surface area (Å²) in [6.07, 6.45) is 3.24. The highest BCUT2D eigenvalue weighted by Crippen LogP contribution is 2.24. The number of carbonyl (C=O) groups is 1. The zero-order chi connectivity index (χ0) is 14.5. The van der Waals surface area contributed by atoms with Crippen LogP contribution in [0, 0.1) is 0 Å². The van der Waals surface area contributed by atoms with Crippen LogP contribution in [0.1, 0.15) is 15.9 Å². The molecule has 0 atom stereocenters. The van der Waals surface area contributed by atoms with Crippen LogP contribution < -0.4 is 4.74 Å². The van der Waals surface area contributed by atoms with Crippen molar-refractivity contribution in [2.24, 2.45) is 0 Å². The molecule has 20 heavy (non-hydrogen) atoms. The smallest absolute Gasteiger partial charge is 0.189 e. The lowest BCUT2D eigenvalue weighted by Crippen LogP contribution is -1.98. The van der Waals surface area contributed by atoms with E-state index in [0.717, 1.165) is 10.0 Å². The Morgan fingerprint density at radius 2 is 2.05 bits per heavy atom. The third-order valence-electron chi connectivity index (χ3n) is 2.70. The van der Waals surface area contributed by atoms with Crippen LogP contribution in [0.15, 0.2) is 53.0 Å². The summed E-state index contributed by atoms with van der Waals surface area (Å²) in [7, 11) is 1.54. The van der Waals surface area contributed by atoms with E-state index >= 15 is 0 Å². The predicted octanol–water partition coefficient (Wildman–Crippen LogP) is 5.01. The van der Waals surface area contributed by atoms with Crippen molar-refractivity contribution in [3.63, 3.8) is 0 Å². The van der Waals surface area contributed by atoms with Crippen LogP contribution in [0.2, 0.25) is 5.02 Å². The average Bonchev–Trinajstić information content (AvgIpc) is 2.45. The van der Waals surface area contributed by atoms with E-state index in [1.807, 2.05) is 18.2 Å². The molecule has 0 saturated heterocycles. The Morgan fingerprint density at radius 1 is 1.25 bits per heavy atom. The molecule has 2 aromatic rings.